The first kappa shape index (κ1) is 6.32. The van der Waals surface area contributed by atoms with E-state index in [1.807, 2.05) is 0 Å². The van der Waals surface area contributed by atoms with Gasteiger partial charge in [0.2, 0.25) is 0 Å². The summed E-state index contributed by atoms with van der Waals surface area (Å²) in [6.07, 6.45) is 2.83. The number of hydrogen-bond donors (Lipinski definition) is 0. The molecule has 3 aliphatic rings. The van der Waals surface area contributed by atoms with Crippen LogP contribution in [-0.4, -0.2) is 6.17 Å². The molecule has 1 saturated carbocycles. The molecule has 0 aromatic heterocycles. The highest BCUT2D eigenvalue weighted by atomic mass is 19.1. The molecule has 3 unspecified atom stereocenters. The first-order valence-corrected chi connectivity index (χ1v) is 3.78. The van der Waals surface area contributed by atoms with E-state index < -0.39 is 6.17 Å². The molecule has 56 valence electrons. The van der Waals surface area contributed by atoms with Gasteiger partial charge in [-0.3, -0.25) is 0 Å². The van der Waals surface area contributed by atoms with Gasteiger partial charge in [0.25, 0.3) is 0 Å². The van der Waals surface area contributed by atoms with Crippen molar-refractivity contribution in [2.75, 3.05) is 0 Å². The Morgan fingerprint density at radius 2 is 2.20 bits per heavy atom. The third kappa shape index (κ3) is 0.780. The summed E-state index contributed by atoms with van der Waals surface area (Å²) in [5.41, 5.74) is 0. The summed E-state index contributed by atoms with van der Waals surface area (Å²) in [5.74, 6) is -0.254. The lowest BCUT2D eigenvalue weighted by molar-refractivity contribution is 0.133. The lowest BCUT2D eigenvalue weighted by Gasteiger charge is -2.34. The van der Waals surface area contributed by atoms with Gasteiger partial charge in [0, 0.05) is 11.8 Å². The fourth-order valence-corrected chi connectivity index (χ4v) is 1.92. The molecular weight excluding hydrogens is 134 g/mol. The van der Waals surface area contributed by atoms with Gasteiger partial charge in [-0.2, -0.15) is 0 Å². The Balaban J connectivity index is 2.25. The molecule has 0 heterocycles. The largest absolute Gasteiger partial charge is 0.247 e. The van der Waals surface area contributed by atoms with Gasteiger partial charge >= 0.3 is 0 Å². The van der Waals surface area contributed by atoms with Crippen molar-refractivity contribution in [2.45, 2.75) is 25.4 Å². The van der Waals surface area contributed by atoms with Crippen LogP contribution in [-0.2, 0) is 0 Å². The Kier molecular flexibility index (Phi) is 1.29. The van der Waals surface area contributed by atoms with Gasteiger partial charge in [0.05, 0.1) is 5.83 Å². The molecule has 2 bridgehead atoms. The molecular formula is C8H10F2. The molecule has 0 aromatic rings. The Labute approximate surface area is 58.9 Å². The SMILES string of the molecule is FC1=CC2CCC1CC2F. The van der Waals surface area contributed by atoms with E-state index in [1.165, 1.54) is 6.08 Å². The average Bonchev–Trinajstić information content (AvgIpc) is 1.91. The summed E-state index contributed by atoms with van der Waals surface area (Å²) in [4.78, 5) is 0. The standard InChI is InChI=1S/C8H10F2/c9-7-4-6-2-1-5(7)3-8(6)10/h3,5-7H,1-2,4H2. The zero-order valence-corrected chi connectivity index (χ0v) is 5.69. The fourth-order valence-electron chi connectivity index (χ4n) is 1.92. The third-order valence-corrected chi connectivity index (χ3v) is 2.59. The molecule has 10 heavy (non-hydrogen) atoms. The van der Waals surface area contributed by atoms with Crippen molar-refractivity contribution in [3.8, 4) is 0 Å². The van der Waals surface area contributed by atoms with E-state index in [0.717, 1.165) is 12.8 Å². The Hall–Kier alpha value is -0.400. The predicted octanol–water partition coefficient (Wildman–Crippen LogP) is 2.61. The lowest BCUT2D eigenvalue weighted by Crippen LogP contribution is -2.30. The Morgan fingerprint density at radius 3 is 2.50 bits per heavy atom. The van der Waals surface area contributed by atoms with Crippen LogP contribution in [0.15, 0.2) is 11.9 Å². The highest BCUT2D eigenvalue weighted by molar-refractivity contribution is 5.12. The molecule has 0 saturated heterocycles. The third-order valence-electron chi connectivity index (χ3n) is 2.59. The van der Waals surface area contributed by atoms with E-state index in [1.54, 1.807) is 0 Å². The van der Waals surface area contributed by atoms with Crippen LogP contribution in [0.5, 0.6) is 0 Å². The van der Waals surface area contributed by atoms with Crippen LogP contribution in [0.1, 0.15) is 19.3 Å². The molecule has 3 aliphatic carbocycles. The molecule has 0 radical (unpaired) electrons. The maximum atomic E-state index is 12.8. The van der Waals surface area contributed by atoms with Crippen LogP contribution in [0.3, 0.4) is 0 Å². The molecule has 0 N–H and O–H groups in total. The molecule has 0 spiro atoms. The van der Waals surface area contributed by atoms with Gasteiger partial charge in [-0.1, -0.05) is 0 Å². The van der Waals surface area contributed by atoms with Crippen molar-refractivity contribution >= 4 is 0 Å². The monoisotopic (exact) mass is 144 g/mol. The number of allylic oxidation sites excluding steroid dienone is 2. The minimum atomic E-state index is -0.766. The van der Waals surface area contributed by atoms with E-state index in [0.29, 0.717) is 6.42 Å². The second-order valence-electron chi connectivity index (χ2n) is 3.24. The maximum Gasteiger partial charge on any atom is 0.107 e. The second-order valence-corrected chi connectivity index (χ2v) is 3.24. The second kappa shape index (κ2) is 2.04. The summed E-state index contributed by atoms with van der Waals surface area (Å²) >= 11 is 0. The summed E-state index contributed by atoms with van der Waals surface area (Å²) < 4.78 is 25.6. The number of halogens is 2. The van der Waals surface area contributed by atoms with E-state index >= 15 is 0 Å². The van der Waals surface area contributed by atoms with Gasteiger partial charge < -0.3 is 0 Å². The van der Waals surface area contributed by atoms with Crippen LogP contribution >= 0.6 is 0 Å². The van der Waals surface area contributed by atoms with E-state index in [9.17, 15) is 8.78 Å². The minimum absolute atomic E-state index is 0.0647. The Morgan fingerprint density at radius 1 is 1.40 bits per heavy atom. The van der Waals surface area contributed by atoms with E-state index in [4.69, 9.17) is 0 Å². The normalized spacial score (nSPS) is 45.4. The van der Waals surface area contributed by atoms with Crippen LogP contribution in [0.4, 0.5) is 8.78 Å². The fraction of sp³-hybridized carbons (Fsp3) is 0.750. The molecule has 3 atom stereocenters. The number of fused-ring (bicyclic) bond motifs is 2. The van der Waals surface area contributed by atoms with Gasteiger partial charge in [-0.15, -0.1) is 0 Å². The minimum Gasteiger partial charge on any atom is -0.247 e. The van der Waals surface area contributed by atoms with Gasteiger partial charge in [0.1, 0.15) is 6.17 Å². The van der Waals surface area contributed by atoms with Crippen LogP contribution in [0.2, 0.25) is 0 Å². The van der Waals surface area contributed by atoms with Gasteiger partial charge in [0.15, 0.2) is 0 Å². The zero-order valence-electron chi connectivity index (χ0n) is 5.69. The molecule has 3 rings (SSSR count). The highest BCUT2D eigenvalue weighted by Gasteiger charge is 2.36. The van der Waals surface area contributed by atoms with E-state index in [-0.39, 0.29) is 17.7 Å². The van der Waals surface area contributed by atoms with E-state index in [2.05, 4.69) is 0 Å². The summed E-state index contributed by atoms with van der Waals surface area (Å²) in [6.45, 7) is 0. The average molecular weight is 144 g/mol. The van der Waals surface area contributed by atoms with Crippen molar-refractivity contribution < 1.29 is 8.78 Å². The molecule has 0 nitrogen and oxygen atoms in total. The van der Waals surface area contributed by atoms with Crippen molar-refractivity contribution in [1.29, 1.82) is 0 Å². The molecule has 0 amide bonds. The van der Waals surface area contributed by atoms with Crippen molar-refractivity contribution in [1.82, 2.24) is 0 Å². The van der Waals surface area contributed by atoms with Gasteiger partial charge in [-0.05, 0) is 25.3 Å². The Bertz CT molecular complexity index is 174. The summed E-state index contributed by atoms with van der Waals surface area (Å²) in [6, 6.07) is 0. The van der Waals surface area contributed by atoms with Gasteiger partial charge in [-0.25, -0.2) is 8.78 Å². The maximum absolute atomic E-state index is 12.8. The highest BCUT2D eigenvalue weighted by Crippen LogP contribution is 2.42. The topological polar surface area (TPSA) is 0 Å². The molecule has 0 aliphatic heterocycles. The summed E-state index contributed by atoms with van der Waals surface area (Å²) in [7, 11) is 0. The summed E-state index contributed by atoms with van der Waals surface area (Å²) in [5, 5.41) is 0. The smallest absolute Gasteiger partial charge is 0.107 e. The van der Waals surface area contributed by atoms with Crippen LogP contribution in [0, 0.1) is 11.8 Å². The first-order chi connectivity index (χ1) is 4.77. The van der Waals surface area contributed by atoms with Crippen LogP contribution < -0.4 is 0 Å². The van der Waals surface area contributed by atoms with Crippen molar-refractivity contribution in [3.63, 3.8) is 0 Å². The molecule has 1 fully saturated rings. The molecule has 2 heteroatoms. The van der Waals surface area contributed by atoms with Crippen LogP contribution in [0.25, 0.3) is 0 Å². The van der Waals surface area contributed by atoms with Crippen molar-refractivity contribution in [2.24, 2.45) is 11.8 Å². The predicted molar refractivity (Wildman–Crippen MR) is 34.9 cm³/mol. The number of hydrogen-bond acceptors (Lipinski definition) is 0. The van der Waals surface area contributed by atoms with Crippen molar-refractivity contribution in [3.05, 3.63) is 11.9 Å². The zero-order chi connectivity index (χ0) is 7.14. The first-order valence-electron chi connectivity index (χ1n) is 3.78. The number of rotatable bonds is 0. The lowest BCUT2D eigenvalue weighted by atomic mass is 9.74. The molecule has 0 aromatic carbocycles. The number of alkyl halides is 1. The quantitative estimate of drug-likeness (QED) is 0.490.